The molecule has 2 N–H and O–H groups in total. The molecule has 2 aliphatic rings. The number of carbonyl (C=O) groups excluding carboxylic acids is 2. The Morgan fingerprint density at radius 2 is 1.82 bits per heavy atom. The highest BCUT2D eigenvalue weighted by Crippen LogP contribution is 2.42. The molecule has 10 nitrogen and oxygen atoms in total. The Bertz CT molecular complexity index is 1000. The largest absolute Gasteiger partial charge is 0.463 e. The van der Waals surface area contributed by atoms with Crippen molar-refractivity contribution in [1.29, 1.82) is 0 Å². The third-order valence-corrected chi connectivity index (χ3v) is 5.83. The van der Waals surface area contributed by atoms with E-state index in [9.17, 15) is 19.7 Å². The van der Waals surface area contributed by atoms with Gasteiger partial charge in [-0.3, -0.25) is 15.0 Å². The lowest BCUT2D eigenvalue weighted by Gasteiger charge is -2.33. The van der Waals surface area contributed by atoms with Gasteiger partial charge in [-0.1, -0.05) is 18.2 Å². The molecule has 2 unspecified atom stereocenters. The number of hydrogen-bond acceptors (Lipinski definition) is 9. The third kappa shape index (κ3) is 5.00. The van der Waals surface area contributed by atoms with E-state index >= 15 is 0 Å². The molecule has 0 amide bonds. The number of esters is 2. The van der Waals surface area contributed by atoms with E-state index < -0.39 is 22.8 Å². The maximum absolute atomic E-state index is 13.2. The molecule has 0 aliphatic carbocycles. The predicted octanol–water partition coefficient (Wildman–Crippen LogP) is 2.53. The van der Waals surface area contributed by atoms with Crippen molar-refractivity contribution in [3.8, 4) is 0 Å². The van der Waals surface area contributed by atoms with Crippen molar-refractivity contribution < 1.29 is 24.0 Å². The maximum Gasteiger partial charge on any atom is 0.338 e. The topological polar surface area (TPSA) is 123 Å². The summed E-state index contributed by atoms with van der Waals surface area (Å²) in [6.45, 7) is 6.18. The number of likely N-dealkylation sites (tertiary alicyclic amines) is 1. The molecule has 178 valence electrons. The van der Waals surface area contributed by atoms with Crippen LogP contribution in [0.15, 0.2) is 46.9 Å². The van der Waals surface area contributed by atoms with Crippen LogP contribution in [0.3, 0.4) is 0 Å². The van der Waals surface area contributed by atoms with E-state index in [2.05, 4.69) is 15.5 Å². The van der Waals surface area contributed by atoms with Gasteiger partial charge in [-0.05, 0) is 47.2 Å². The van der Waals surface area contributed by atoms with E-state index in [4.69, 9.17) is 9.47 Å². The number of benzene rings is 1. The van der Waals surface area contributed by atoms with E-state index in [1.807, 2.05) is 7.05 Å². The van der Waals surface area contributed by atoms with Crippen molar-refractivity contribution in [2.24, 2.45) is 0 Å². The van der Waals surface area contributed by atoms with Crippen LogP contribution in [-0.4, -0.2) is 54.7 Å². The predicted molar refractivity (Wildman–Crippen MR) is 121 cm³/mol. The van der Waals surface area contributed by atoms with Crippen LogP contribution in [-0.2, 0) is 19.1 Å². The fraction of sp³-hybridized carbons (Fsp3) is 0.478. The number of nitro benzene ring substituents is 1. The lowest BCUT2D eigenvalue weighted by molar-refractivity contribution is -0.385. The fourth-order valence-corrected chi connectivity index (χ4v) is 4.32. The number of ether oxygens (including phenoxy) is 2. The molecule has 1 saturated heterocycles. The number of nitrogens with zero attached hydrogens (tertiary/aromatic N) is 2. The van der Waals surface area contributed by atoms with Crippen molar-refractivity contribution >= 4 is 17.6 Å². The maximum atomic E-state index is 13.2. The van der Waals surface area contributed by atoms with Crippen molar-refractivity contribution in [2.75, 3.05) is 26.8 Å². The first-order valence-electron chi connectivity index (χ1n) is 11.1. The molecule has 3 rings (SSSR count). The minimum absolute atomic E-state index is 0.0414. The first kappa shape index (κ1) is 24.2. The molecule has 0 aromatic heterocycles. The molecule has 1 fully saturated rings. The first-order chi connectivity index (χ1) is 15.8. The van der Waals surface area contributed by atoms with Crippen LogP contribution in [0.2, 0.25) is 0 Å². The van der Waals surface area contributed by atoms with Gasteiger partial charge in [0.15, 0.2) is 0 Å². The number of allylic oxidation sites excluding steroid dienone is 1. The van der Waals surface area contributed by atoms with E-state index in [0.717, 1.165) is 19.4 Å². The van der Waals surface area contributed by atoms with Gasteiger partial charge in [0.1, 0.15) is 5.82 Å². The number of nitrogens with one attached hydrogen (secondary N) is 2. The van der Waals surface area contributed by atoms with Gasteiger partial charge < -0.3 is 20.1 Å². The summed E-state index contributed by atoms with van der Waals surface area (Å²) in [5.74, 6) is -1.98. The van der Waals surface area contributed by atoms with Crippen LogP contribution < -0.4 is 10.6 Å². The minimum atomic E-state index is -1.04. The average Bonchev–Trinajstić information content (AvgIpc) is 3.17. The fourth-order valence-electron chi connectivity index (χ4n) is 4.32. The van der Waals surface area contributed by atoms with Crippen LogP contribution in [0.1, 0.15) is 45.1 Å². The van der Waals surface area contributed by atoms with Crippen LogP contribution in [0, 0.1) is 10.1 Å². The molecule has 0 spiro atoms. The van der Waals surface area contributed by atoms with Gasteiger partial charge in [0.25, 0.3) is 5.69 Å². The third-order valence-electron chi connectivity index (χ3n) is 5.83. The molecule has 2 heterocycles. The molecular weight excluding hydrogens is 428 g/mol. The van der Waals surface area contributed by atoms with Crippen LogP contribution >= 0.6 is 0 Å². The van der Waals surface area contributed by atoms with Gasteiger partial charge in [-0.25, -0.2) is 9.59 Å². The molecule has 1 aromatic rings. The second-order valence-electron chi connectivity index (χ2n) is 7.93. The molecule has 0 saturated carbocycles. The molecule has 1 aromatic carbocycles. The molecule has 0 bridgehead atoms. The second-order valence-corrected chi connectivity index (χ2v) is 7.93. The molecular formula is C23H30N4O6. The Balaban J connectivity index is 2.24. The molecule has 0 radical (unpaired) electrons. The number of dihydropyridines is 1. The van der Waals surface area contributed by atoms with Gasteiger partial charge in [-0.15, -0.1) is 0 Å². The Hall–Kier alpha value is -3.40. The number of nitro groups is 1. The lowest BCUT2D eigenvalue weighted by Crippen LogP contribution is -2.45. The Kier molecular flexibility index (Phi) is 7.70. The first-order valence-corrected chi connectivity index (χ1v) is 11.1. The molecule has 2 aliphatic heterocycles. The SMILES string of the molecule is CCOC(=O)C1=C(C)NC(NC2CCCN2C)=C(C(=O)OCC)C1c1ccccc1[N+](=O)[O-]. The standard InChI is InChI=1S/C23H30N4O6/c1-5-32-22(28)18-14(3)24-21(25-17-12-9-13-26(17)4)20(23(29)33-6-2)19(18)15-10-7-8-11-16(15)27(30)31/h7-8,10-11,17,19,24-25H,5-6,9,12-13H2,1-4H3. The zero-order chi connectivity index (χ0) is 24.1. The van der Waals surface area contributed by atoms with Crippen LogP contribution in [0.4, 0.5) is 5.69 Å². The van der Waals surface area contributed by atoms with Crippen molar-refractivity contribution in [3.05, 3.63) is 62.6 Å². The summed E-state index contributed by atoms with van der Waals surface area (Å²) in [5.41, 5.74) is 0.721. The lowest BCUT2D eigenvalue weighted by atomic mass is 9.80. The van der Waals surface area contributed by atoms with Gasteiger partial charge in [0.05, 0.1) is 41.4 Å². The minimum Gasteiger partial charge on any atom is -0.463 e. The highest BCUT2D eigenvalue weighted by molar-refractivity contribution is 6.00. The molecule has 2 atom stereocenters. The highest BCUT2D eigenvalue weighted by Gasteiger charge is 2.42. The Labute approximate surface area is 192 Å². The second kappa shape index (κ2) is 10.5. The zero-order valence-electron chi connectivity index (χ0n) is 19.3. The Morgan fingerprint density at radius 3 is 2.39 bits per heavy atom. The highest BCUT2D eigenvalue weighted by atomic mass is 16.6. The van der Waals surface area contributed by atoms with Gasteiger partial charge in [-0.2, -0.15) is 0 Å². The number of para-hydroxylation sites is 1. The number of rotatable bonds is 8. The molecule has 33 heavy (non-hydrogen) atoms. The van der Waals surface area contributed by atoms with Crippen molar-refractivity contribution in [3.63, 3.8) is 0 Å². The quantitative estimate of drug-likeness (QED) is 0.344. The number of carbonyl (C=O) groups is 2. The summed E-state index contributed by atoms with van der Waals surface area (Å²) in [5, 5.41) is 18.4. The monoisotopic (exact) mass is 458 g/mol. The normalized spacial score (nSPS) is 21.0. The van der Waals surface area contributed by atoms with E-state index in [0.29, 0.717) is 11.5 Å². The van der Waals surface area contributed by atoms with Crippen LogP contribution in [0.25, 0.3) is 0 Å². The van der Waals surface area contributed by atoms with Crippen molar-refractivity contribution in [2.45, 2.75) is 45.7 Å². The Morgan fingerprint density at radius 1 is 1.18 bits per heavy atom. The van der Waals surface area contributed by atoms with Crippen LogP contribution in [0.5, 0.6) is 0 Å². The summed E-state index contributed by atoms with van der Waals surface area (Å²) >= 11 is 0. The summed E-state index contributed by atoms with van der Waals surface area (Å²) in [4.78, 5) is 39.7. The smallest absolute Gasteiger partial charge is 0.338 e. The average molecular weight is 459 g/mol. The van der Waals surface area contributed by atoms with Gasteiger partial charge in [0.2, 0.25) is 0 Å². The van der Waals surface area contributed by atoms with E-state index in [1.54, 1.807) is 39.0 Å². The number of hydrogen-bond donors (Lipinski definition) is 2. The summed E-state index contributed by atoms with van der Waals surface area (Å²) in [7, 11) is 1.98. The molecule has 10 heteroatoms. The van der Waals surface area contributed by atoms with E-state index in [-0.39, 0.29) is 41.8 Å². The zero-order valence-corrected chi connectivity index (χ0v) is 19.3. The van der Waals surface area contributed by atoms with Gasteiger partial charge >= 0.3 is 11.9 Å². The van der Waals surface area contributed by atoms with Gasteiger partial charge in [0, 0.05) is 17.3 Å². The summed E-state index contributed by atoms with van der Waals surface area (Å²) in [6, 6.07) is 6.10. The summed E-state index contributed by atoms with van der Waals surface area (Å²) in [6.07, 6.45) is 1.81. The van der Waals surface area contributed by atoms with Crippen molar-refractivity contribution in [1.82, 2.24) is 15.5 Å². The van der Waals surface area contributed by atoms with E-state index in [1.165, 1.54) is 6.07 Å². The summed E-state index contributed by atoms with van der Waals surface area (Å²) < 4.78 is 10.6.